The molecule has 1 aliphatic rings. The first-order chi connectivity index (χ1) is 9.38. The monoisotopic (exact) mass is 292 g/mol. The molecular weight excluding hydrogens is 276 g/mol. The molecule has 0 aliphatic carbocycles. The van der Waals surface area contributed by atoms with Gasteiger partial charge in [-0.3, -0.25) is 0 Å². The Morgan fingerprint density at radius 2 is 2.32 bits per heavy atom. The number of thiazole rings is 1. The fourth-order valence-electron chi connectivity index (χ4n) is 2.14. The molecule has 1 fully saturated rings. The maximum absolute atomic E-state index is 5.75. The van der Waals surface area contributed by atoms with Crippen LogP contribution in [-0.2, 0) is 4.74 Å². The van der Waals surface area contributed by atoms with Gasteiger partial charge in [-0.05, 0) is 12.3 Å². The minimum atomic E-state index is 0.106. The summed E-state index contributed by atoms with van der Waals surface area (Å²) in [7, 11) is 0. The lowest BCUT2D eigenvalue weighted by Gasteiger charge is -2.21. The third-order valence-corrected chi connectivity index (χ3v) is 4.84. The van der Waals surface area contributed by atoms with E-state index in [2.05, 4.69) is 41.2 Å². The Bertz CT molecular complexity index is 550. The summed E-state index contributed by atoms with van der Waals surface area (Å²) in [6, 6.07) is 8.39. The van der Waals surface area contributed by atoms with Crippen LogP contribution in [0, 0.1) is 0 Å². The number of nitrogens with one attached hydrogen (secondary N) is 1. The molecule has 19 heavy (non-hydrogen) atoms. The van der Waals surface area contributed by atoms with Crippen LogP contribution in [0.4, 0.5) is 0 Å². The summed E-state index contributed by atoms with van der Waals surface area (Å²) < 4.78 is 5.75. The summed E-state index contributed by atoms with van der Waals surface area (Å²) in [5.41, 5.74) is 2.26. The van der Waals surface area contributed by atoms with E-state index in [-0.39, 0.29) is 6.10 Å². The van der Waals surface area contributed by atoms with Crippen molar-refractivity contribution in [2.45, 2.75) is 11.0 Å². The predicted molar refractivity (Wildman–Crippen MR) is 80.9 cm³/mol. The molecule has 100 valence electrons. The van der Waals surface area contributed by atoms with Gasteiger partial charge in [-0.2, -0.15) is 0 Å². The van der Waals surface area contributed by atoms with Gasteiger partial charge in [0.25, 0.3) is 0 Å². The second-order valence-corrected chi connectivity index (χ2v) is 6.07. The maximum Gasteiger partial charge on any atom is 0.124 e. The smallest absolute Gasteiger partial charge is 0.124 e. The molecule has 0 unspecified atom stereocenters. The number of thioether (sulfide) groups is 1. The molecule has 0 amide bonds. The van der Waals surface area contributed by atoms with Crippen molar-refractivity contribution in [3.05, 3.63) is 34.7 Å². The van der Waals surface area contributed by atoms with Crippen LogP contribution in [0.1, 0.15) is 11.1 Å². The molecular formula is C14H16N2OS2. The standard InChI is InChI=1S/C14H16N2OS2/c1-18-13-5-3-2-4-10(13)11-9-19-14(16-11)12-8-15-6-7-17-12/h2-5,9,12,15H,6-8H2,1H3/t12-/m1/s1. The number of benzene rings is 1. The minimum absolute atomic E-state index is 0.106. The van der Waals surface area contributed by atoms with Crippen LogP contribution in [0.5, 0.6) is 0 Å². The molecule has 1 saturated heterocycles. The number of aromatic nitrogens is 1. The zero-order chi connectivity index (χ0) is 13.1. The van der Waals surface area contributed by atoms with E-state index in [4.69, 9.17) is 9.72 Å². The number of hydrogen-bond acceptors (Lipinski definition) is 5. The molecule has 0 radical (unpaired) electrons. The number of rotatable bonds is 3. The lowest BCUT2D eigenvalue weighted by atomic mass is 10.2. The fourth-order valence-corrected chi connectivity index (χ4v) is 3.61. The number of morpholine rings is 1. The third kappa shape index (κ3) is 2.84. The van der Waals surface area contributed by atoms with E-state index in [0.29, 0.717) is 0 Å². The lowest BCUT2D eigenvalue weighted by molar-refractivity contribution is 0.0276. The molecule has 1 N–H and O–H groups in total. The summed E-state index contributed by atoms with van der Waals surface area (Å²) >= 11 is 3.44. The zero-order valence-electron chi connectivity index (χ0n) is 10.8. The first-order valence-electron chi connectivity index (χ1n) is 6.29. The molecule has 3 nitrogen and oxygen atoms in total. The second kappa shape index (κ2) is 6.05. The molecule has 1 aliphatic heterocycles. The molecule has 0 bridgehead atoms. The van der Waals surface area contributed by atoms with Crippen LogP contribution < -0.4 is 5.32 Å². The fraction of sp³-hybridized carbons (Fsp3) is 0.357. The van der Waals surface area contributed by atoms with Gasteiger partial charge in [0.15, 0.2) is 0 Å². The van der Waals surface area contributed by atoms with Crippen LogP contribution in [0.3, 0.4) is 0 Å². The van der Waals surface area contributed by atoms with Gasteiger partial charge in [0.2, 0.25) is 0 Å². The van der Waals surface area contributed by atoms with Crippen molar-refractivity contribution in [1.29, 1.82) is 0 Å². The third-order valence-electron chi connectivity index (χ3n) is 3.11. The van der Waals surface area contributed by atoms with Gasteiger partial charge in [0.1, 0.15) is 11.1 Å². The van der Waals surface area contributed by atoms with Crippen LogP contribution in [0.2, 0.25) is 0 Å². The van der Waals surface area contributed by atoms with Crippen molar-refractivity contribution in [2.75, 3.05) is 26.0 Å². The topological polar surface area (TPSA) is 34.1 Å². The highest BCUT2D eigenvalue weighted by molar-refractivity contribution is 7.98. The van der Waals surface area contributed by atoms with Gasteiger partial charge in [-0.15, -0.1) is 23.1 Å². The maximum atomic E-state index is 5.75. The Labute approximate surface area is 121 Å². The lowest BCUT2D eigenvalue weighted by Crippen LogP contribution is -2.33. The first kappa shape index (κ1) is 13.1. The van der Waals surface area contributed by atoms with E-state index in [1.165, 1.54) is 10.5 Å². The van der Waals surface area contributed by atoms with Crippen molar-refractivity contribution in [2.24, 2.45) is 0 Å². The van der Waals surface area contributed by atoms with E-state index in [1.54, 1.807) is 23.1 Å². The van der Waals surface area contributed by atoms with Crippen LogP contribution >= 0.6 is 23.1 Å². The highest BCUT2D eigenvalue weighted by Crippen LogP contribution is 2.32. The zero-order valence-corrected chi connectivity index (χ0v) is 12.4. The largest absolute Gasteiger partial charge is 0.368 e. The molecule has 0 saturated carbocycles. The van der Waals surface area contributed by atoms with Crippen molar-refractivity contribution < 1.29 is 4.74 Å². The van der Waals surface area contributed by atoms with Gasteiger partial charge in [0, 0.05) is 28.9 Å². The predicted octanol–water partition coefficient (Wildman–Crippen LogP) is 3.19. The number of nitrogens with zero attached hydrogens (tertiary/aromatic N) is 1. The molecule has 3 rings (SSSR count). The molecule has 0 spiro atoms. The van der Waals surface area contributed by atoms with E-state index in [1.807, 2.05) is 0 Å². The normalized spacial score (nSPS) is 19.5. The Hall–Kier alpha value is -0.880. The van der Waals surface area contributed by atoms with E-state index < -0.39 is 0 Å². The van der Waals surface area contributed by atoms with Crippen LogP contribution in [0.15, 0.2) is 34.5 Å². The van der Waals surface area contributed by atoms with Gasteiger partial charge in [-0.25, -0.2) is 4.98 Å². The van der Waals surface area contributed by atoms with Crippen molar-refractivity contribution >= 4 is 23.1 Å². The quantitative estimate of drug-likeness (QED) is 0.881. The van der Waals surface area contributed by atoms with Gasteiger partial charge in [0.05, 0.1) is 12.3 Å². The average molecular weight is 292 g/mol. The van der Waals surface area contributed by atoms with E-state index in [0.717, 1.165) is 30.4 Å². The minimum Gasteiger partial charge on any atom is -0.368 e. The Kier molecular flexibility index (Phi) is 4.18. The Morgan fingerprint density at radius 3 is 3.11 bits per heavy atom. The summed E-state index contributed by atoms with van der Waals surface area (Å²) in [6.45, 7) is 2.56. The summed E-state index contributed by atoms with van der Waals surface area (Å²) in [5.74, 6) is 0. The molecule has 5 heteroatoms. The summed E-state index contributed by atoms with van der Waals surface area (Å²) in [4.78, 5) is 6.02. The van der Waals surface area contributed by atoms with Crippen LogP contribution in [0.25, 0.3) is 11.3 Å². The molecule has 1 aromatic carbocycles. The van der Waals surface area contributed by atoms with E-state index in [9.17, 15) is 0 Å². The van der Waals surface area contributed by atoms with Crippen molar-refractivity contribution in [1.82, 2.24) is 10.3 Å². The number of ether oxygens (including phenoxy) is 1. The Balaban J connectivity index is 1.88. The molecule has 1 atom stereocenters. The highest BCUT2D eigenvalue weighted by atomic mass is 32.2. The Morgan fingerprint density at radius 1 is 1.42 bits per heavy atom. The summed E-state index contributed by atoms with van der Waals surface area (Å²) in [6.07, 6.45) is 2.20. The molecule has 2 aromatic rings. The van der Waals surface area contributed by atoms with Gasteiger partial charge < -0.3 is 10.1 Å². The van der Waals surface area contributed by atoms with Gasteiger partial charge >= 0.3 is 0 Å². The van der Waals surface area contributed by atoms with Gasteiger partial charge in [-0.1, -0.05) is 18.2 Å². The second-order valence-electron chi connectivity index (χ2n) is 4.33. The van der Waals surface area contributed by atoms with E-state index >= 15 is 0 Å². The highest BCUT2D eigenvalue weighted by Gasteiger charge is 2.19. The van der Waals surface area contributed by atoms with Crippen molar-refractivity contribution in [3.63, 3.8) is 0 Å². The SMILES string of the molecule is CSc1ccccc1-c1csc([C@H]2CNCCO2)n1. The van der Waals surface area contributed by atoms with Crippen LogP contribution in [-0.4, -0.2) is 30.9 Å². The molecule has 1 aromatic heterocycles. The average Bonchev–Trinajstić information content (AvgIpc) is 2.98. The first-order valence-corrected chi connectivity index (χ1v) is 8.40. The van der Waals surface area contributed by atoms with Crippen molar-refractivity contribution in [3.8, 4) is 11.3 Å². The number of hydrogen-bond donors (Lipinski definition) is 1. The molecule has 2 heterocycles. The summed E-state index contributed by atoms with van der Waals surface area (Å²) in [5, 5.41) is 6.54.